The zero-order chi connectivity index (χ0) is 30.0. The van der Waals surface area contributed by atoms with Crippen molar-refractivity contribution in [1.82, 2.24) is 34.7 Å². The van der Waals surface area contributed by atoms with Crippen LogP contribution >= 0.6 is 0 Å². The zero-order valence-corrected chi connectivity index (χ0v) is 23.1. The molecule has 2 bridgehead atoms. The summed E-state index contributed by atoms with van der Waals surface area (Å²) in [5.74, 6) is -1.39. The number of amides is 1. The van der Waals surface area contributed by atoms with Crippen LogP contribution in [0.15, 0.2) is 48.8 Å². The number of Topliss-reactive ketones (excluding diaryl/α,β-unsaturated/α-hetero) is 1. The number of nitrogens with one attached hydrogen (secondary N) is 1. The van der Waals surface area contributed by atoms with E-state index in [9.17, 15) is 18.4 Å². The number of rotatable bonds is 5. The quantitative estimate of drug-likeness (QED) is 0.257. The summed E-state index contributed by atoms with van der Waals surface area (Å²) in [6, 6.07) is 8.20. The number of anilines is 2. The Morgan fingerprint density at radius 2 is 1.77 bits per heavy atom. The lowest BCUT2D eigenvalue weighted by Gasteiger charge is -2.39. The van der Waals surface area contributed by atoms with Crippen LogP contribution in [0.5, 0.6) is 0 Å². The van der Waals surface area contributed by atoms with Gasteiger partial charge in [0, 0.05) is 53.0 Å². The van der Waals surface area contributed by atoms with Crippen molar-refractivity contribution < 1.29 is 18.4 Å². The molecule has 4 aromatic heterocycles. The molecule has 2 aliphatic rings. The van der Waals surface area contributed by atoms with Gasteiger partial charge in [-0.25, -0.2) is 13.8 Å². The number of pyridine rings is 1. The van der Waals surface area contributed by atoms with E-state index in [1.54, 1.807) is 24.5 Å². The molecule has 1 amide bonds. The molecule has 218 valence electrons. The molecule has 11 nitrogen and oxygen atoms in total. The van der Waals surface area contributed by atoms with E-state index in [-0.39, 0.29) is 46.9 Å². The number of halogens is 2. The van der Waals surface area contributed by atoms with Gasteiger partial charge >= 0.3 is 0 Å². The van der Waals surface area contributed by atoms with Crippen LogP contribution in [0.25, 0.3) is 28.0 Å². The minimum atomic E-state index is -0.706. The molecule has 2 aliphatic heterocycles. The van der Waals surface area contributed by atoms with Crippen LogP contribution in [0.4, 0.5) is 20.4 Å². The maximum Gasteiger partial charge on any atom is 0.272 e. The fourth-order valence-electron chi connectivity index (χ4n) is 6.62. The lowest BCUT2D eigenvalue weighted by atomic mass is 9.85. The van der Waals surface area contributed by atoms with Gasteiger partial charge in [-0.15, -0.1) is 0 Å². The van der Waals surface area contributed by atoms with Gasteiger partial charge in [-0.1, -0.05) is 6.07 Å². The fourth-order valence-corrected chi connectivity index (χ4v) is 6.62. The summed E-state index contributed by atoms with van der Waals surface area (Å²) in [5, 5.41) is 11.0. The number of fused-ring (bicyclic) bond motifs is 3. The van der Waals surface area contributed by atoms with Crippen molar-refractivity contribution in [3.63, 3.8) is 0 Å². The number of nitrogen functional groups attached to an aromatic ring is 2. The highest BCUT2D eigenvalue weighted by Crippen LogP contribution is 2.45. The van der Waals surface area contributed by atoms with E-state index in [4.69, 9.17) is 16.5 Å². The molecular formula is C30H27F2N9O2. The fraction of sp³-hybridized carbons (Fsp3) is 0.267. The van der Waals surface area contributed by atoms with Crippen LogP contribution in [0.1, 0.15) is 65.1 Å². The summed E-state index contributed by atoms with van der Waals surface area (Å²) < 4.78 is 29.1. The molecule has 2 fully saturated rings. The minimum absolute atomic E-state index is 0.0344. The van der Waals surface area contributed by atoms with E-state index in [0.29, 0.717) is 52.3 Å². The van der Waals surface area contributed by atoms with E-state index >= 15 is 0 Å². The number of piperidine rings is 1. The normalized spacial score (nSPS) is 19.7. The van der Waals surface area contributed by atoms with Crippen LogP contribution in [0.3, 0.4) is 0 Å². The van der Waals surface area contributed by atoms with Gasteiger partial charge in [0.05, 0.1) is 23.1 Å². The van der Waals surface area contributed by atoms with E-state index < -0.39 is 11.6 Å². The molecule has 5 N–H and O–H groups in total. The van der Waals surface area contributed by atoms with Gasteiger partial charge in [0.15, 0.2) is 11.4 Å². The lowest BCUT2D eigenvalue weighted by Crippen LogP contribution is -2.46. The van der Waals surface area contributed by atoms with Crippen molar-refractivity contribution in [2.75, 3.05) is 11.5 Å². The highest BCUT2D eigenvalue weighted by Gasteiger charge is 2.45. The molecule has 0 unspecified atom stereocenters. The van der Waals surface area contributed by atoms with Crippen molar-refractivity contribution in [2.45, 2.75) is 50.6 Å². The van der Waals surface area contributed by atoms with Gasteiger partial charge in [0.1, 0.15) is 29.0 Å². The molecule has 5 aromatic rings. The number of aromatic nitrogens is 6. The molecule has 0 aliphatic carbocycles. The predicted molar refractivity (Wildman–Crippen MR) is 154 cm³/mol. The van der Waals surface area contributed by atoms with Crippen molar-refractivity contribution in [1.29, 1.82) is 0 Å². The molecule has 0 radical (unpaired) electrons. The number of H-pyrrole nitrogens is 1. The number of benzene rings is 1. The first-order valence-electron chi connectivity index (χ1n) is 13.9. The van der Waals surface area contributed by atoms with Crippen LogP contribution in [0, 0.1) is 11.6 Å². The van der Waals surface area contributed by atoms with E-state index in [0.717, 1.165) is 18.9 Å². The Morgan fingerprint density at radius 1 is 1.00 bits per heavy atom. The molecule has 1 aromatic carbocycles. The van der Waals surface area contributed by atoms with E-state index in [1.807, 2.05) is 4.90 Å². The number of carbonyl (C=O) groups is 2. The van der Waals surface area contributed by atoms with Gasteiger partial charge < -0.3 is 16.4 Å². The summed E-state index contributed by atoms with van der Waals surface area (Å²) in [7, 11) is 0. The minimum Gasteiger partial charge on any atom is -0.383 e. The average molecular weight is 584 g/mol. The average Bonchev–Trinajstić information content (AvgIpc) is 3.68. The highest BCUT2D eigenvalue weighted by atomic mass is 19.1. The topological polar surface area (TPSA) is 161 Å². The zero-order valence-electron chi connectivity index (χ0n) is 23.1. The summed E-state index contributed by atoms with van der Waals surface area (Å²) in [6.07, 6.45) is 6.10. The standard InChI is InChI=1S/C30H27F2N9O2/c1-14(42)26-27(16-8-18-4-5-19(9-16)40(18)30(43)24-11-25(33)39-38-24)37-29-21(13-36-41(29)28(26)34)15-2-7-23(35-12-15)20-6-3-17(31)10-22(20)32/h2-3,6-7,10-13,16,18-19H,4-5,8-9,34H2,1H3,(H3,33,38,39)/t16-,18-,19+. The molecule has 3 atom stereocenters. The van der Waals surface area contributed by atoms with Gasteiger partial charge in [-0.2, -0.15) is 14.7 Å². The molecule has 0 spiro atoms. The first-order chi connectivity index (χ1) is 20.7. The first kappa shape index (κ1) is 26.7. The second kappa shape index (κ2) is 9.96. The molecule has 13 heteroatoms. The number of carbonyl (C=O) groups excluding carboxylic acids is 2. The molecular weight excluding hydrogens is 556 g/mol. The van der Waals surface area contributed by atoms with Crippen molar-refractivity contribution in [3.05, 3.63) is 77.4 Å². The third kappa shape index (κ3) is 4.39. The van der Waals surface area contributed by atoms with Gasteiger partial charge in [0.2, 0.25) is 0 Å². The van der Waals surface area contributed by atoms with Crippen LogP contribution in [-0.2, 0) is 0 Å². The van der Waals surface area contributed by atoms with Gasteiger partial charge in [-0.3, -0.25) is 19.7 Å². The number of nitrogens with two attached hydrogens (primary N) is 2. The Balaban J connectivity index is 1.24. The highest BCUT2D eigenvalue weighted by molar-refractivity contribution is 6.00. The Hall–Kier alpha value is -5.20. The van der Waals surface area contributed by atoms with E-state index in [2.05, 4.69) is 20.3 Å². The van der Waals surface area contributed by atoms with Crippen molar-refractivity contribution in [2.24, 2.45) is 0 Å². The largest absolute Gasteiger partial charge is 0.383 e. The Bertz CT molecular complexity index is 1900. The number of aromatic amines is 1. The maximum atomic E-state index is 14.3. The molecule has 2 saturated heterocycles. The molecule has 6 heterocycles. The summed E-state index contributed by atoms with van der Waals surface area (Å²) >= 11 is 0. The number of hydrogen-bond acceptors (Lipinski definition) is 8. The smallest absolute Gasteiger partial charge is 0.272 e. The second-order valence-corrected chi connectivity index (χ2v) is 11.1. The Labute approximate surface area is 243 Å². The molecule has 43 heavy (non-hydrogen) atoms. The predicted octanol–water partition coefficient (Wildman–Crippen LogP) is 4.38. The molecule has 0 saturated carbocycles. The maximum absolute atomic E-state index is 14.3. The summed E-state index contributed by atoms with van der Waals surface area (Å²) in [6.45, 7) is 1.46. The second-order valence-electron chi connectivity index (χ2n) is 11.1. The monoisotopic (exact) mass is 583 g/mol. The first-order valence-corrected chi connectivity index (χ1v) is 13.9. The van der Waals surface area contributed by atoms with Gasteiger partial charge in [0.25, 0.3) is 5.91 Å². The summed E-state index contributed by atoms with van der Waals surface area (Å²) in [5.41, 5.74) is 15.8. The third-order valence-electron chi connectivity index (χ3n) is 8.53. The lowest BCUT2D eigenvalue weighted by molar-refractivity contribution is 0.0562. The Kier molecular flexibility index (Phi) is 6.18. The van der Waals surface area contributed by atoms with Crippen molar-refractivity contribution >= 4 is 29.0 Å². The third-order valence-corrected chi connectivity index (χ3v) is 8.53. The van der Waals surface area contributed by atoms with E-state index in [1.165, 1.54) is 29.6 Å². The number of nitrogens with zero attached hydrogens (tertiary/aromatic N) is 6. The van der Waals surface area contributed by atoms with Crippen molar-refractivity contribution in [3.8, 4) is 22.4 Å². The number of ketones is 1. The van der Waals surface area contributed by atoms with Gasteiger partial charge in [-0.05, 0) is 50.8 Å². The van der Waals surface area contributed by atoms with Crippen LogP contribution in [0.2, 0.25) is 0 Å². The number of hydrogen-bond donors (Lipinski definition) is 3. The Morgan fingerprint density at radius 3 is 2.40 bits per heavy atom. The SMILES string of the molecule is CC(=O)c1c([C@@H]2C[C@H]3CC[C@@H](C2)N3C(=O)c2cc(N)n[nH]2)nc2c(-c3ccc(-c4ccc(F)cc4F)nc3)cnn2c1N. The van der Waals surface area contributed by atoms with Crippen LogP contribution < -0.4 is 11.5 Å². The molecule has 7 rings (SSSR count). The van der Waals surface area contributed by atoms with Crippen LogP contribution in [-0.4, -0.2) is 58.5 Å². The summed E-state index contributed by atoms with van der Waals surface area (Å²) in [4.78, 5) is 37.5.